The lowest BCUT2D eigenvalue weighted by atomic mass is 9.81. The summed E-state index contributed by atoms with van der Waals surface area (Å²) in [5.41, 5.74) is -0.206. The summed E-state index contributed by atoms with van der Waals surface area (Å²) in [4.78, 5) is 25.0. The number of hydrogen-bond donors (Lipinski definition) is 3. The van der Waals surface area contributed by atoms with E-state index in [9.17, 15) is 31.5 Å². The normalized spacial score (nSPS) is 26.1. The van der Waals surface area contributed by atoms with Crippen LogP contribution in [0, 0.1) is 17.6 Å². The molecule has 2 fully saturated rings. The fourth-order valence-electron chi connectivity index (χ4n) is 3.89. The Morgan fingerprint density at radius 1 is 1.33 bits per heavy atom. The second-order valence-electron chi connectivity index (χ2n) is 7.48. The van der Waals surface area contributed by atoms with Gasteiger partial charge in [0, 0.05) is 12.1 Å². The Labute approximate surface area is 174 Å². The zero-order valence-electron chi connectivity index (χ0n) is 15.8. The monoisotopic (exact) mass is 454 g/mol. The minimum Gasteiger partial charge on any atom is -0.347 e. The molecular weight excluding hydrogens is 435 g/mol. The molecule has 2 aliphatic heterocycles. The van der Waals surface area contributed by atoms with Gasteiger partial charge in [0.15, 0.2) is 0 Å². The van der Waals surface area contributed by atoms with Gasteiger partial charge in [-0.3, -0.25) is 9.69 Å². The first-order valence-electron chi connectivity index (χ1n) is 9.24. The van der Waals surface area contributed by atoms with E-state index >= 15 is 0 Å². The van der Waals surface area contributed by atoms with Gasteiger partial charge >= 0.3 is 12.2 Å². The average molecular weight is 455 g/mol. The quantitative estimate of drug-likeness (QED) is 0.484. The molecule has 2 saturated heterocycles. The van der Waals surface area contributed by atoms with E-state index in [4.69, 9.17) is 11.6 Å². The molecule has 3 N–H and O–H groups in total. The predicted octanol–water partition coefficient (Wildman–Crippen LogP) is 2.73. The van der Waals surface area contributed by atoms with Gasteiger partial charge in [-0.15, -0.1) is 0 Å². The van der Waals surface area contributed by atoms with Crippen molar-refractivity contribution in [3.8, 4) is 0 Å². The SMILES string of the molecule is CN1CCC([C@@H](NC(=O)C2CNC(=O)N2)c2ccc(F)c(Cl)c2F)CC1C(F)(F)F. The van der Waals surface area contributed by atoms with Gasteiger partial charge in [-0.25, -0.2) is 13.6 Å². The highest BCUT2D eigenvalue weighted by Crippen LogP contribution is 2.40. The van der Waals surface area contributed by atoms with Crippen LogP contribution in [0.15, 0.2) is 12.1 Å². The second-order valence-corrected chi connectivity index (χ2v) is 7.86. The van der Waals surface area contributed by atoms with Gasteiger partial charge in [-0.05, 0) is 38.4 Å². The van der Waals surface area contributed by atoms with Crippen molar-refractivity contribution in [1.29, 1.82) is 0 Å². The summed E-state index contributed by atoms with van der Waals surface area (Å²) in [5, 5.41) is 6.49. The number of carbonyl (C=O) groups is 2. The van der Waals surface area contributed by atoms with Crippen LogP contribution in [0.25, 0.3) is 0 Å². The molecule has 0 bridgehead atoms. The van der Waals surface area contributed by atoms with Gasteiger partial charge in [0.05, 0.1) is 6.04 Å². The lowest BCUT2D eigenvalue weighted by molar-refractivity contribution is -0.192. The molecule has 0 saturated carbocycles. The molecule has 0 aromatic heterocycles. The Bertz CT molecular complexity index is 838. The van der Waals surface area contributed by atoms with E-state index in [0.29, 0.717) is 0 Å². The van der Waals surface area contributed by atoms with Crippen LogP contribution in [0.1, 0.15) is 24.4 Å². The van der Waals surface area contributed by atoms with Crippen molar-refractivity contribution in [3.63, 3.8) is 0 Å². The number of piperidine rings is 1. The smallest absolute Gasteiger partial charge is 0.347 e. The number of benzene rings is 1. The van der Waals surface area contributed by atoms with Gasteiger partial charge in [0.25, 0.3) is 0 Å². The maximum absolute atomic E-state index is 14.7. The Morgan fingerprint density at radius 3 is 2.63 bits per heavy atom. The Kier molecular flexibility index (Phi) is 6.42. The van der Waals surface area contributed by atoms with Crippen molar-refractivity contribution in [3.05, 3.63) is 34.4 Å². The van der Waals surface area contributed by atoms with Crippen molar-refractivity contribution < 1.29 is 31.5 Å². The second kappa shape index (κ2) is 8.54. The minimum atomic E-state index is -4.51. The summed E-state index contributed by atoms with van der Waals surface area (Å²) < 4.78 is 68.7. The molecule has 30 heavy (non-hydrogen) atoms. The van der Waals surface area contributed by atoms with Crippen LogP contribution >= 0.6 is 11.6 Å². The summed E-state index contributed by atoms with van der Waals surface area (Å²) in [6.45, 7) is 0.0438. The van der Waals surface area contributed by atoms with E-state index in [2.05, 4.69) is 16.0 Å². The van der Waals surface area contributed by atoms with Crippen LogP contribution in [-0.2, 0) is 4.79 Å². The highest BCUT2D eigenvalue weighted by Gasteiger charge is 2.47. The van der Waals surface area contributed by atoms with Crippen molar-refractivity contribution in [2.75, 3.05) is 20.1 Å². The van der Waals surface area contributed by atoms with Crippen molar-refractivity contribution in [2.45, 2.75) is 37.1 Å². The number of halogens is 6. The molecule has 1 aromatic carbocycles. The molecule has 2 heterocycles. The first kappa shape index (κ1) is 22.5. The summed E-state index contributed by atoms with van der Waals surface area (Å²) in [6, 6.07) is -2.54. The molecule has 0 aliphatic carbocycles. The number of rotatable bonds is 4. The molecule has 166 valence electrons. The third-order valence-electron chi connectivity index (χ3n) is 5.55. The molecule has 1 aromatic rings. The Hall–Kier alpha value is -2.14. The first-order valence-corrected chi connectivity index (χ1v) is 9.62. The van der Waals surface area contributed by atoms with Crippen LogP contribution in [0.5, 0.6) is 0 Å². The first-order chi connectivity index (χ1) is 14.0. The fourth-order valence-corrected chi connectivity index (χ4v) is 4.07. The number of nitrogens with zero attached hydrogens (tertiary/aromatic N) is 1. The van der Waals surface area contributed by atoms with Crippen LogP contribution in [0.2, 0.25) is 5.02 Å². The molecule has 0 radical (unpaired) electrons. The molecule has 3 unspecified atom stereocenters. The summed E-state index contributed by atoms with van der Waals surface area (Å²) >= 11 is 5.66. The predicted molar refractivity (Wildman–Crippen MR) is 97.8 cm³/mol. The largest absolute Gasteiger partial charge is 0.404 e. The van der Waals surface area contributed by atoms with Gasteiger partial charge in [-0.1, -0.05) is 17.7 Å². The lowest BCUT2D eigenvalue weighted by Crippen LogP contribution is -2.52. The number of urea groups is 1. The maximum atomic E-state index is 14.7. The van der Waals surface area contributed by atoms with Gasteiger partial charge in [0.2, 0.25) is 5.91 Å². The molecular formula is C18H20ClF5N4O2. The number of hydrogen-bond acceptors (Lipinski definition) is 3. The van der Waals surface area contributed by atoms with E-state index in [1.807, 2.05) is 0 Å². The lowest BCUT2D eigenvalue weighted by Gasteiger charge is -2.41. The summed E-state index contributed by atoms with van der Waals surface area (Å²) in [7, 11) is 1.34. The zero-order chi connectivity index (χ0) is 22.2. The molecule has 12 heteroatoms. The average Bonchev–Trinajstić information content (AvgIpc) is 3.11. The van der Waals surface area contributed by atoms with E-state index in [0.717, 1.165) is 17.0 Å². The van der Waals surface area contributed by atoms with E-state index in [-0.39, 0.29) is 25.1 Å². The van der Waals surface area contributed by atoms with Crippen molar-refractivity contribution in [2.24, 2.45) is 5.92 Å². The van der Waals surface area contributed by atoms with Gasteiger partial charge in [-0.2, -0.15) is 13.2 Å². The Balaban J connectivity index is 1.92. The number of alkyl halides is 3. The third kappa shape index (κ3) is 4.61. The number of carbonyl (C=O) groups excluding carboxylic acids is 2. The van der Waals surface area contributed by atoms with Crippen molar-refractivity contribution in [1.82, 2.24) is 20.9 Å². The van der Waals surface area contributed by atoms with E-state index in [1.165, 1.54) is 7.05 Å². The summed E-state index contributed by atoms with van der Waals surface area (Å²) in [5.74, 6) is -3.65. The Morgan fingerprint density at radius 2 is 2.03 bits per heavy atom. The van der Waals surface area contributed by atoms with Crippen LogP contribution in [0.4, 0.5) is 26.7 Å². The van der Waals surface area contributed by atoms with Crippen LogP contribution < -0.4 is 16.0 Å². The standard InChI is InChI=1S/C18H20ClF5N4O2/c1-28-5-4-8(6-12(28)18(22,23)24)15(9-2-3-10(20)13(19)14(9)21)27-16(29)11-7-25-17(30)26-11/h2-3,8,11-12,15H,4-7H2,1H3,(H,27,29)(H2,25,26,30)/t8?,11?,12?,15-/m1/s1. The van der Waals surface area contributed by atoms with Gasteiger partial charge < -0.3 is 16.0 Å². The molecule has 6 nitrogen and oxygen atoms in total. The zero-order valence-corrected chi connectivity index (χ0v) is 16.6. The topological polar surface area (TPSA) is 73.5 Å². The maximum Gasteiger partial charge on any atom is 0.404 e. The number of likely N-dealkylation sites (tertiary alicyclic amines) is 1. The highest BCUT2D eigenvalue weighted by atomic mass is 35.5. The van der Waals surface area contributed by atoms with Gasteiger partial charge in [0.1, 0.15) is 28.7 Å². The number of nitrogens with one attached hydrogen (secondary N) is 3. The fraction of sp³-hybridized carbons (Fsp3) is 0.556. The third-order valence-corrected chi connectivity index (χ3v) is 5.89. The van der Waals surface area contributed by atoms with Crippen molar-refractivity contribution >= 4 is 23.5 Å². The highest BCUT2D eigenvalue weighted by molar-refractivity contribution is 6.31. The molecule has 2 aliphatic rings. The molecule has 3 amide bonds. The van der Waals surface area contributed by atoms with E-state index < -0.39 is 65.2 Å². The van der Waals surface area contributed by atoms with E-state index in [1.54, 1.807) is 0 Å². The van der Waals surface area contributed by atoms with Crippen LogP contribution in [-0.4, -0.2) is 55.2 Å². The molecule has 0 spiro atoms. The molecule has 3 rings (SSSR count). The minimum absolute atomic E-state index is 0.0252. The molecule has 4 atom stereocenters. The summed E-state index contributed by atoms with van der Waals surface area (Å²) in [6.07, 6.45) is -4.67. The van der Waals surface area contributed by atoms with Crippen LogP contribution in [0.3, 0.4) is 0 Å². The number of amides is 3.